The van der Waals surface area contributed by atoms with Crippen LogP contribution in [0.2, 0.25) is 0 Å². The molecule has 0 spiro atoms. The zero-order valence-corrected chi connectivity index (χ0v) is 10.7. The highest BCUT2D eigenvalue weighted by Crippen LogP contribution is 2.19. The fraction of sp³-hybridized carbons (Fsp3) is 0.0833. The number of hydrogen-bond donors (Lipinski definition) is 1. The fourth-order valence-electron chi connectivity index (χ4n) is 1.36. The van der Waals surface area contributed by atoms with E-state index < -0.39 is 0 Å². The molecule has 0 aliphatic heterocycles. The van der Waals surface area contributed by atoms with Gasteiger partial charge in [-0.15, -0.1) is 5.10 Å². The molecule has 0 aliphatic rings. The molecule has 1 N–H and O–H groups in total. The van der Waals surface area contributed by atoms with Gasteiger partial charge in [-0.25, -0.2) is 0 Å². The van der Waals surface area contributed by atoms with Crippen LogP contribution in [0, 0.1) is 6.92 Å². The third-order valence-electron chi connectivity index (χ3n) is 2.18. The van der Waals surface area contributed by atoms with E-state index in [1.165, 1.54) is 0 Å². The number of halogens is 1. The van der Waals surface area contributed by atoms with Crippen LogP contribution >= 0.6 is 15.9 Å². The van der Waals surface area contributed by atoms with Gasteiger partial charge in [-0.2, -0.15) is 5.10 Å². The highest BCUT2D eigenvalue weighted by Gasteiger charge is 2.10. The first kappa shape index (κ1) is 11.7. The van der Waals surface area contributed by atoms with E-state index in [-0.39, 0.29) is 5.91 Å². The van der Waals surface area contributed by atoms with Gasteiger partial charge in [0.2, 0.25) is 0 Å². The maximum Gasteiger partial charge on any atom is 0.258 e. The van der Waals surface area contributed by atoms with Gasteiger partial charge in [0.15, 0.2) is 5.82 Å². The monoisotopic (exact) mass is 291 g/mol. The molecular formula is C12H10BrN3O. The Morgan fingerprint density at radius 3 is 2.88 bits per heavy atom. The van der Waals surface area contributed by atoms with Crippen molar-refractivity contribution < 1.29 is 4.79 Å². The van der Waals surface area contributed by atoms with Gasteiger partial charge in [0.1, 0.15) is 0 Å². The second-order valence-corrected chi connectivity index (χ2v) is 4.40. The van der Waals surface area contributed by atoms with Crippen LogP contribution in [-0.2, 0) is 0 Å². The van der Waals surface area contributed by atoms with E-state index >= 15 is 0 Å². The smallest absolute Gasteiger partial charge is 0.258 e. The van der Waals surface area contributed by atoms with Crippen LogP contribution in [0.5, 0.6) is 0 Å². The van der Waals surface area contributed by atoms with Crippen molar-refractivity contribution in [1.82, 2.24) is 10.2 Å². The molecule has 0 unspecified atom stereocenters. The summed E-state index contributed by atoms with van der Waals surface area (Å²) in [6.45, 7) is 1.94. The van der Waals surface area contributed by atoms with Crippen molar-refractivity contribution in [3.63, 3.8) is 0 Å². The average molecular weight is 292 g/mol. The molecule has 17 heavy (non-hydrogen) atoms. The molecule has 2 aromatic rings. The zero-order valence-electron chi connectivity index (χ0n) is 9.14. The first-order chi connectivity index (χ1) is 8.16. The Bertz CT molecular complexity index is 543. The Kier molecular flexibility index (Phi) is 3.49. The zero-order chi connectivity index (χ0) is 12.3. The van der Waals surface area contributed by atoms with Gasteiger partial charge < -0.3 is 5.32 Å². The van der Waals surface area contributed by atoms with Crippen molar-refractivity contribution in [3.05, 3.63) is 52.1 Å². The number of carbonyl (C=O) groups excluding carboxylic acids is 1. The highest BCUT2D eigenvalue weighted by atomic mass is 79.9. The minimum absolute atomic E-state index is 0.207. The van der Waals surface area contributed by atoms with E-state index in [4.69, 9.17) is 0 Å². The minimum atomic E-state index is -0.207. The molecule has 2 rings (SSSR count). The summed E-state index contributed by atoms with van der Waals surface area (Å²) >= 11 is 3.35. The van der Waals surface area contributed by atoms with Gasteiger partial charge in [0.25, 0.3) is 5.91 Å². The van der Waals surface area contributed by atoms with E-state index in [9.17, 15) is 4.79 Å². The number of amides is 1. The van der Waals surface area contributed by atoms with Gasteiger partial charge in [-0.1, -0.05) is 11.6 Å². The third-order valence-corrected chi connectivity index (χ3v) is 2.87. The lowest BCUT2D eigenvalue weighted by Crippen LogP contribution is -2.14. The second-order valence-electron chi connectivity index (χ2n) is 3.55. The number of nitrogens with one attached hydrogen (secondary N) is 1. The number of anilines is 1. The summed E-state index contributed by atoms with van der Waals surface area (Å²) in [6.07, 6.45) is 1.55. The summed E-state index contributed by atoms with van der Waals surface area (Å²) in [7, 11) is 0. The summed E-state index contributed by atoms with van der Waals surface area (Å²) in [5.41, 5.74) is 1.60. The fourth-order valence-corrected chi connectivity index (χ4v) is 1.79. The molecule has 0 saturated carbocycles. The highest BCUT2D eigenvalue weighted by molar-refractivity contribution is 9.10. The topological polar surface area (TPSA) is 54.9 Å². The molecule has 1 aromatic heterocycles. The van der Waals surface area contributed by atoms with Crippen LogP contribution in [-0.4, -0.2) is 16.1 Å². The number of aryl methyl sites for hydroxylation is 1. The standard InChI is InChI=1S/C12H10BrN3O/c1-8-4-5-10(13)9(7-8)12(17)15-11-3-2-6-14-16-11/h2-7H,1H3,(H,15,16,17). The Labute approximate surface area is 107 Å². The molecular weight excluding hydrogens is 282 g/mol. The van der Waals surface area contributed by atoms with E-state index in [1.54, 1.807) is 18.3 Å². The SMILES string of the molecule is Cc1ccc(Br)c(C(=O)Nc2cccnn2)c1. The summed E-state index contributed by atoms with van der Waals surface area (Å²) in [5, 5.41) is 10.2. The van der Waals surface area contributed by atoms with Crippen molar-refractivity contribution in [1.29, 1.82) is 0 Å². The van der Waals surface area contributed by atoms with Crippen LogP contribution in [0.1, 0.15) is 15.9 Å². The number of rotatable bonds is 2. The molecule has 1 amide bonds. The Hall–Kier alpha value is -1.75. The predicted octanol–water partition coefficient (Wildman–Crippen LogP) is 2.80. The van der Waals surface area contributed by atoms with Gasteiger partial charge in [-0.05, 0) is 47.1 Å². The normalized spacial score (nSPS) is 10.0. The summed E-state index contributed by atoms with van der Waals surface area (Å²) < 4.78 is 0.754. The summed E-state index contributed by atoms with van der Waals surface area (Å²) in [6, 6.07) is 9.00. The molecule has 1 aromatic carbocycles. The first-order valence-electron chi connectivity index (χ1n) is 5.02. The maximum atomic E-state index is 12.0. The Morgan fingerprint density at radius 1 is 1.35 bits per heavy atom. The maximum absolute atomic E-state index is 12.0. The minimum Gasteiger partial charge on any atom is -0.305 e. The molecule has 0 fully saturated rings. The second kappa shape index (κ2) is 5.05. The van der Waals surface area contributed by atoms with Gasteiger partial charge in [0.05, 0.1) is 5.56 Å². The summed E-state index contributed by atoms with van der Waals surface area (Å²) in [4.78, 5) is 12.0. The number of benzene rings is 1. The molecule has 0 radical (unpaired) electrons. The Balaban J connectivity index is 2.23. The van der Waals surface area contributed by atoms with E-state index in [1.807, 2.05) is 25.1 Å². The molecule has 0 atom stereocenters. The van der Waals surface area contributed by atoms with Crippen molar-refractivity contribution in [2.45, 2.75) is 6.92 Å². The largest absolute Gasteiger partial charge is 0.305 e. The number of carbonyl (C=O) groups is 1. The van der Waals surface area contributed by atoms with Gasteiger partial charge in [-0.3, -0.25) is 4.79 Å². The molecule has 1 heterocycles. The van der Waals surface area contributed by atoms with Gasteiger partial charge >= 0.3 is 0 Å². The molecule has 86 valence electrons. The van der Waals surface area contributed by atoms with Crippen LogP contribution in [0.25, 0.3) is 0 Å². The lowest BCUT2D eigenvalue weighted by Gasteiger charge is -2.06. The van der Waals surface area contributed by atoms with E-state index in [2.05, 4.69) is 31.4 Å². The molecule has 0 aliphatic carbocycles. The quantitative estimate of drug-likeness (QED) is 0.926. The van der Waals surface area contributed by atoms with Crippen molar-refractivity contribution in [3.8, 4) is 0 Å². The number of hydrogen-bond acceptors (Lipinski definition) is 3. The molecule has 4 nitrogen and oxygen atoms in total. The van der Waals surface area contributed by atoms with E-state index in [0.29, 0.717) is 11.4 Å². The first-order valence-corrected chi connectivity index (χ1v) is 5.81. The van der Waals surface area contributed by atoms with Crippen LogP contribution in [0.15, 0.2) is 41.0 Å². The molecule has 5 heteroatoms. The van der Waals surface area contributed by atoms with Crippen LogP contribution in [0.3, 0.4) is 0 Å². The van der Waals surface area contributed by atoms with Crippen molar-refractivity contribution in [2.24, 2.45) is 0 Å². The number of aromatic nitrogens is 2. The predicted molar refractivity (Wildman–Crippen MR) is 68.9 cm³/mol. The number of nitrogens with zero attached hydrogens (tertiary/aromatic N) is 2. The summed E-state index contributed by atoms with van der Waals surface area (Å²) in [5.74, 6) is 0.229. The lowest BCUT2D eigenvalue weighted by molar-refractivity contribution is 0.102. The third kappa shape index (κ3) is 2.88. The molecule has 0 saturated heterocycles. The van der Waals surface area contributed by atoms with Crippen molar-refractivity contribution >= 4 is 27.7 Å². The lowest BCUT2D eigenvalue weighted by atomic mass is 10.1. The Morgan fingerprint density at radius 2 is 2.18 bits per heavy atom. The molecule has 0 bridgehead atoms. The van der Waals surface area contributed by atoms with E-state index in [0.717, 1.165) is 10.0 Å². The van der Waals surface area contributed by atoms with Crippen LogP contribution < -0.4 is 5.32 Å². The average Bonchev–Trinajstić information content (AvgIpc) is 2.33. The van der Waals surface area contributed by atoms with Gasteiger partial charge in [0, 0.05) is 10.7 Å². The van der Waals surface area contributed by atoms with Crippen molar-refractivity contribution in [2.75, 3.05) is 5.32 Å². The van der Waals surface area contributed by atoms with Crippen LogP contribution in [0.4, 0.5) is 5.82 Å².